The van der Waals surface area contributed by atoms with Crippen LogP contribution in [-0.2, 0) is 17.9 Å². The molecule has 0 atom stereocenters. The maximum absolute atomic E-state index is 5.08. The van der Waals surface area contributed by atoms with Crippen LogP contribution in [0.3, 0.4) is 0 Å². The predicted octanol–water partition coefficient (Wildman–Crippen LogP) is 3.60. The van der Waals surface area contributed by atoms with E-state index in [1.54, 1.807) is 13.3 Å². The second kappa shape index (κ2) is 6.52. The number of halogens is 1. The van der Waals surface area contributed by atoms with Gasteiger partial charge in [-0.05, 0) is 39.2 Å². The highest BCUT2D eigenvalue weighted by Gasteiger charge is 1.96. The zero-order valence-electron chi connectivity index (χ0n) is 10.2. The van der Waals surface area contributed by atoms with Gasteiger partial charge in [0.05, 0.1) is 6.61 Å². The molecule has 0 bridgehead atoms. The van der Waals surface area contributed by atoms with Crippen LogP contribution in [0.4, 0.5) is 5.82 Å². The highest BCUT2D eigenvalue weighted by atomic mass is 79.9. The molecule has 1 aromatic carbocycles. The molecule has 0 amide bonds. The van der Waals surface area contributed by atoms with Gasteiger partial charge >= 0.3 is 0 Å². The van der Waals surface area contributed by atoms with Gasteiger partial charge < -0.3 is 10.1 Å². The second-order valence-electron chi connectivity index (χ2n) is 3.96. The van der Waals surface area contributed by atoms with E-state index in [0.29, 0.717) is 6.61 Å². The van der Waals surface area contributed by atoms with Gasteiger partial charge in [0.15, 0.2) is 0 Å². The first kappa shape index (κ1) is 13.1. The summed E-state index contributed by atoms with van der Waals surface area (Å²) in [7, 11) is 1.70. The quantitative estimate of drug-likeness (QED) is 0.916. The van der Waals surface area contributed by atoms with Crippen molar-refractivity contribution in [2.45, 2.75) is 13.2 Å². The van der Waals surface area contributed by atoms with E-state index < -0.39 is 0 Å². The summed E-state index contributed by atoms with van der Waals surface area (Å²) < 4.78 is 6.06. The fourth-order valence-electron chi connectivity index (χ4n) is 1.59. The summed E-state index contributed by atoms with van der Waals surface area (Å²) in [6, 6.07) is 12.3. The van der Waals surface area contributed by atoms with E-state index in [1.165, 1.54) is 11.1 Å². The Morgan fingerprint density at radius 3 is 2.44 bits per heavy atom. The molecule has 1 N–H and O–H groups in total. The lowest BCUT2D eigenvalue weighted by atomic mass is 10.1. The van der Waals surface area contributed by atoms with Gasteiger partial charge in [-0.25, -0.2) is 4.98 Å². The van der Waals surface area contributed by atoms with Crippen molar-refractivity contribution in [1.29, 1.82) is 0 Å². The minimum absolute atomic E-state index is 0.655. The molecule has 4 heteroatoms. The van der Waals surface area contributed by atoms with Gasteiger partial charge in [-0.1, -0.05) is 24.3 Å². The number of aromatic nitrogens is 1. The summed E-state index contributed by atoms with van der Waals surface area (Å²) in [5.41, 5.74) is 2.41. The van der Waals surface area contributed by atoms with Crippen molar-refractivity contribution >= 4 is 21.7 Å². The standard InChI is InChI=1S/C14H15BrN2O/c1-18-10-12-4-2-11(3-5-12)8-16-14-7-6-13(15)9-17-14/h2-7,9H,8,10H2,1H3,(H,16,17). The van der Waals surface area contributed by atoms with Crippen molar-refractivity contribution in [3.8, 4) is 0 Å². The predicted molar refractivity (Wildman–Crippen MR) is 76.4 cm³/mol. The molecule has 2 rings (SSSR count). The number of pyridine rings is 1. The van der Waals surface area contributed by atoms with Gasteiger partial charge in [-0.2, -0.15) is 0 Å². The minimum Gasteiger partial charge on any atom is -0.380 e. The Morgan fingerprint density at radius 1 is 1.11 bits per heavy atom. The van der Waals surface area contributed by atoms with Gasteiger partial charge in [-0.3, -0.25) is 0 Å². The number of nitrogens with one attached hydrogen (secondary N) is 1. The Morgan fingerprint density at radius 2 is 1.83 bits per heavy atom. The SMILES string of the molecule is COCc1ccc(CNc2ccc(Br)cn2)cc1. The summed E-state index contributed by atoms with van der Waals surface area (Å²) in [5.74, 6) is 0.874. The fourth-order valence-corrected chi connectivity index (χ4v) is 1.83. The third-order valence-corrected chi connectivity index (χ3v) is 3.00. The molecule has 0 fully saturated rings. The Labute approximate surface area is 115 Å². The van der Waals surface area contributed by atoms with Crippen molar-refractivity contribution in [3.05, 3.63) is 58.2 Å². The average Bonchev–Trinajstić information content (AvgIpc) is 2.40. The molecule has 0 aliphatic heterocycles. The highest BCUT2D eigenvalue weighted by Crippen LogP contribution is 2.12. The molecule has 0 spiro atoms. The summed E-state index contributed by atoms with van der Waals surface area (Å²) in [6.45, 7) is 1.42. The van der Waals surface area contributed by atoms with Crippen LogP contribution in [0.2, 0.25) is 0 Å². The number of nitrogens with zero attached hydrogens (tertiary/aromatic N) is 1. The zero-order valence-corrected chi connectivity index (χ0v) is 11.8. The Hall–Kier alpha value is -1.39. The molecule has 0 saturated carbocycles. The van der Waals surface area contributed by atoms with Crippen LogP contribution in [0.25, 0.3) is 0 Å². The summed E-state index contributed by atoms with van der Waals surface area (Å²) >= 11 is 3.36. The average molecular weight is 307 g/mol. The molecular weight excluding hydrogens is 292 g/mol. The molecule has 0 aliphatic carbocycles. The van der Waals surface area contributed by atoms with Crippen LogP contribution in [0, 0.1) is 0 Å². The van der Waals surface area contributed by atoms with Gasteiger partial charge in [0.1, 0.15) is 5.82 Å². The first-order valence-electron chi connectivity index (χ1n) is 5.70. The molecule has 3 nitrogen and oxygen atoms in total. The van der Waals surface area contributed by atoms with E-state index in [0.717, 1.165) is 16.8 Å². The Kier molecular flexibility index (Phi) is 4.73. The maximum atomic E-state index is 5.08. The summed E-state index contributed by atoms with van der Waals surface area (Å²) in [5, 5.41) is 3.28. The molecule has 2 aromatic rings. The number of methoxy groups -OCH3 is 1. The lowest BCUT2D eigenvalue weighted by molar-refractivity contribution is 0.185. The van der Waals surface area contributed by atoms with Crippen LogP contribution >= 0.6 is 15.9 Å². The fraction of sp³-hybridized carbons (Fsp3) is 0.214. The number of ether oxygens (including phenoxy) is 1. The summed E-state index contributed by atoms with van der Waals surface area (Å²) in [6.07, 6.45) is 1.78. The lowest BCUT2D eigenvalue weighted by Crippen LogP contribution is -2.01. The molecule has 0 saturated heterocycles. The van der Waals surface area contributed by atoms with E-state index >= 15 is 0 Å². The van der Waals surface area contributed by atoms with E-state index in [1.807, 2.05) is 12.1 Å². The number of benzene rings is 1. The van der Waals surface area contributed by atoms with E-state index in [9.17, 15) is 0 Å². The minimum atomic E-state index is 0.655. The normalized spacial score (nSPS) is 10.3. The van der Waals surface area contributed by atoms with Gasteiger partial charge in [-0.15, -0.1) is 0 Å². The summed E-state index contributed by atoms with van der Waals surface area (Å²) in [4.78, 5) is 4.26. The highest BCUT2D eigenvalue weighted by molar-refractivity contribution is 9.10. The first-order valence-corrected chi connectivity index (χ1v) is 6.49. The van der Waals surface area contributed by atoms with Crippen LogP contribution in [0.5, 0.6) is 0 Å². The zero-order chi connectivity index (χ0) is 12.8. The van der Waals surface area contributed by atoms with Crippen LogP contribution in [0.15, 0.2) is 47.1 Å². The van der Waals surface area contributed by atoms with Crippen molar-refractivity contribution in [2.24, 2.45) is 0 Å². The third-order valence-electron chi connectivity index (χ3n) is 2.53. The molecule has 0 unspecified atom stereocenters. The Bertz CT molecular complexity index is 482. The van der Waals surface area contributed by atoms with Gasteiger partial charge in [0.25, 0.3) is 0 Å². The molecule has 1 heterocycles. The molecule has 94 valence electrons. The maximum Gasteiger partial charge on any atom is 0.126 e. The van der Waals surface area contributed by atoms with E-state index in [-0.39, 0.29) is 0 Å². The molecular formula is C14H15BrN2O. The number of hydrogen-bond acceptors (Lipinski definition) is 3. The number of anilines is 1. The third kappa shape index (κ3) is 3.82. The largest absolute Gasteiger partial charge is 0.380 e. The topological polar surface area (TPSA) is 34.1 Å². The smallest absolute Gasteiger partial charge is 0.126 e. The molecule has 0 aliphatic rings. The van der Waals surface area contributed by atoms with Crippen LogP contribution < -0.4 is 5.32 Å². The van der Waals surface area contributed by atoms with E-state index in [4.69, 9.17) is 4.74 Å². The van der Waals surface area contributed by atoms with Crippen molar-refractivity contribution < 1.29 is 4.74 Å². The molecule has 18 heavy (non-hydrogen) atoms. The van der Waals surface area contributed by atoms with Crippen molar-refractivity contribution in [2.75, 3.05) is 12.4 Å². The molecule has 0 radical (unpaired) electrons. The number of hydrogen-bond donors (Lipinski definition) is 1. The van der Waals surface area contributed by atoms with Crippen LogP contribution in [0.1, 0.15) is 11.1 Å². The van der Waals surface area contributed by atoms with Crippen LogP contribution in [-0.4, -0.2) is 12.1 Å². The first-order chi connectivity index (χ1) is 8.78. The van der Waals surface area contributed by atoms with Crippen molar-refractivity contribution in [3.63, 3.8) is 0 Å². The monoisotopic (exact) mass is 306 g/mol. The van der Waals surface area contributed by atoms with Crippen molar-refractivity contribution in [1.82, 2.24) is 4.98 Å². The Balaban J connectivity index is 1.91. The van der Waals surface area contributed by atoms with Gasteiger partial charge in [0, 0.05) is 24.3 Å². The van der Waals surface area contributed by atoms with E-state index in [2.05, 4.69) is 50.5 Å². The van der Waals surface area contributed by atoms with Gasteiger partial charge in [0.2, 0.25) is 0 Å². The number of rotatable bonds is 5. The second-order valence-corrected chi connectivity index (χ2v) is 4.88. The molecule has 1 aromatic heterocycles. The lowest BCUT2D eigenvalue weighted by Gasteiger charge is -2.06.